The van der Waals surface area contributed by atoms with Crippen LogP contribution in [0, 0.1) is 0 Å². The van der Waals surface area contributed by atoms with Gasteiger partial charge in [0.15, 0.2) is 0 Å². The van der Waals surface area contributed by atoms with Crippen LogP contribution in [0.2, 0.25) is 0 Å². The SMILES string of the molecule is CCc1ccc(-c2nc(CN3CCCC3CN3CCCC3)cs2)cc1. The highest BCUT2D eigenvalue weighted by atomic mass is 32.1. The van der Waals surface area contributed by atoms with E-state index in [9.17, 15) is 0 Å². The lowest BCUT2D eigenvalue weighted by molar-refractivity contribution is 0.184. The number of thiazole rings is 1. The van der Waals surface area contributed by atoms with Gasteiger partial charge in [-0.25, -0.2) is 4.98 Å². The Balaban J connectivity index is 1.39. The Morgan fingerprint density at radius 3 is 2.64 bits per heavy atom. The molecule has 1 atom stereocenters. The molecule has 0 bridgehead atoms. The highest BCUT2D eigenvalue weighted by molar-refractivity contribution is 7.13. The molecule has 2 aromatic rings. The molecule has 1 aromatic heterocycles. The fourth-order valence-electron chi connectivity index (χ4n) is 4.18. The minimum absolute atomic E-state index is 0.729. The van der Waals surface area contributed by atoms with Crippen LogP contribution in [0.1, 0.15) is 43.9 Å². The Bertz CT molecular complexity index is 673. The zero-order valence-electron chi connectivity index (χ0n) is 15.3. The van der Waals surface area contributed by atoms with E-state index < -0.39 is 0 Å². The first kappa shape index (κ1) is 17.2. The van der Waals surface area contributed by atoms with E-state index in [-0.39, 0.29) is 0 Å². The molecule has 134 valence electrons. The van der Waals surface area contributed by atoms with Gasteiger partial charge >= 0.3 is 0 Å². The molecule has 3 nitrogen and oxygen atoms in total. The number of aryl methyl sites for hydroxylation is 1. The molecule has 4 heteroatoms. The van der Waals surface area contributed by atoms with E-state index in [1.165, 1.54) is 68.7 Å². The molecule has 0 radical (unpaired) electrons. The van der Waals surface area contributed by atoms with Crippen molar-refractivity contribution in [1.29, 1.82) is 0 Å². The number of hydrogen-bond donors (Lipinski definition) is 0. The van der Waals surface area contributed by atoms with Crippen LogP contribution >= 0.6 is 11.3 Å². The number of rotatable bonds is 6. The zero-order valence-corrected chi connectivity index (χ0v) is 16.1. The Morgan fingerprint density at radius 1 is 1.08 bits per heavy atom. The second-order valence-corrected chi connectivity index (χ2v) is 8.33. The largest absolute Gasteiger partial charge is 0.302 e. The summed E-state index contributed by atoms with van der Waals surface area (Å²) in [6, 6.07) is 9.61. The van der Waals surface area contributed by atoms with Crippen molar-refractivity contribution in [3.8, 4) is 10.6 Å². The minimum atomic E-state index is 0.729. The molecular weight excluding hydrogens is 326 g/mol. The molecule has 0 spiro atoms. The van der Waals surface area contributed by atoms with Gasteiger partial charge in [0.05, 0.1) is 5.69 Å². The van der Waals surface area contributed by atoms with Crippen LogP contribution in [0.5, 0.6) is 0 Å². The average Bonchev–Trinajstić information content (AvgIpc) is 3.39. The molecule has 0 N–H and O–H groups in total. The molecule has 2 fully saturated rings. The first-order valence-electron chi connectivity index (χ1n) is 9.82. The van der Waals surface area contributed by atoms with E-state index in [0.717, 1.165) is 24.0 Å². The highest BCUT2D eigenvalue weighted by Gasteiger charge is 2.27. The van der Waals surface area contributed by atoms with Crippen LogP contribution in [0.25, 0.3) is 10.6 Å². The van der Waals surface area contributed by atoms with Gasteiger partial charge in [-0.2, -0.15) is 0 Å². The van der Waals surface area contributed by atoms with Gasteiger partial charge in [0, 0.05) is 30.1 Å². The molecule has 3 heterocycles. The highest BCUT2D eigenvalue weighted by Crippen LogP contribution is 2.27. The molecule has 2 saturated heterocycles. The first-order chi connectivity index (χ1) is 12.3. The lowest BCUT2D eigenvalue weighted by Crippen LogP contribution is -2.38. The van der Waals surface area contributed by atoms with Crippen molar-refractivity contribution in [1.82, 2.24) is 14.8 Å². The summed E-state index contributed by atoms with van der Waals surface area (Å²) in [6.45, 7) is 8.32. The molecule has 0 aliphatic carbocycles. The fourth-order valence-corrected chi connectivity index (χ4v) is 4.99. The fraction of sp³-hybridized carbons (Fsp3) is 0.571. The van der Waals surface area contributed by atoms with Crippen molar-refractivity contribution >= 4 is 11.3 Å². The lowest BCUT2D eigenvalue weighted by Gasteiger charge is -2.27. The molecule has 25 heavy (non-hydrogen) atoms. The number of nitrogens with zero attached hydrogens (tertiary/aromatic N) is 3. The summed E-state index contributed by atoms with van der Waals surface area (Å²) in [5.74, 6) is 0. The van der Waals surface area contributed by atoms with Gasteiger partial charge in [0.2, 0.25) is 0 Å². The van der Waals surface area contributed by atoms with Crippen LogP contribution in [-0.4, -0.2) is 47.0 Å². The van der Waals surface area contributed by atoms with Crippen molar-refractivity contribution in [2.24, 2.45) is 0 Å². The number of hydrogen-bond acceptors (Lipinski definition) is 4. The first-order valence-corrected chi connectivity index (χ1v) is 10.7. The molecule has 1 unspecified atom stereocenters. The second kappa shape index (κ2) is 7.98. The molecule has 0 amide bonds. The minimum Gasteiger partial charge on any atom is -0.302 e. The number of aromatic nitrogens is 1. The van der Waals surface area contributed by atoms with E-state index in [2.05, 4.69) is 46.4 Å². The molecule has 0 saturated carbocycles. The van der Waals surface area contributed by atoms with Crippen LogP contribution in [0.4, 0.5) is 0 Å². The van der Waals surface area contributed by atoms with Gasteiger partial charge in [0.25, 0.3) is 0 Å². The van der Waals surface area contributed by atoms with Gasteiger partial charge < -0.3 is 4.90 Å². The Morgan fingerprint density at radius 2 is 1.88 bits per heavy atom. The summed E-state index contributed by atoms with van der Waals surface area (Å²) in [5.41, 5.74) is 3.89. The third-order valence-corrected chi connectivity index (χ3v) is 6.63. The topological polar surface area (TPSA) is 19.4 Å². The maximum Gasteiger partial charge on any atom is 0.123 e. The van der Waals surface area contributed by atoms with Gasteiger partial charge in [-0.15, -0.1) is 11.3 Å². The summed E-state index contributed by atoms with van der Waals surface area (Å²) in [6.07, 6.45) is 6.56. The predicted molar refractivity (Wildman–Crippen MR) is 106 cm³/mol. The summed E-state index contributed by atoms with van der Waals surface area (Å²) >= 11 is 1.79. The summed E-state index contributed by atoms with van der Waals surface area (Å²) in [5, 5.41) is 3.42. The third kappa shape index (κ3) is 4.13. The lowest BCUT2D eigenvalue weighted by atomic mass is 10.1. The third-order valence-electron chi connectivity index (χ3n) is 5.69. The summed E-state index contributed by atoms with van der Waals surface area (Å²) < 4.78 is 0. The second-order valence-electron chi connectivity index (χ2n) is 7.47. The van der Waals surface area contributed by atoms with Gasteiger partial charge in [-0.05, 0) is 57.3 Å². The molecule has 1 aromatic carbocycles. The van der Waals surface area contributed by atoms with Crippen molar-refractivity contribution in [2.75, 3.05) is 26.2 Å². The predicted octanol–water partition coefficient (Wildman–Crippen LogP) is 4.43. The Kier molecular flexibility index (Phi) is 5.49. The monoisotopic (exact) mass is 355 g/mol. The Labute approximate surface area is 155 Å². The molecule has 2 aliphatic rings. The van der Waals surface area contributed by atoms with Crippen molar-refractivity contribution in [3.63, 3.8) is 0 Å². The summed E-state index contributed by atoms with van der Waals surface area (Å²) in [4.78, 5) is 10.3. The van der Waals surface area contributed by atoms with Crippen molar-refractivity contribution in [3.05, 3.63) is 40.9 Å². The van der Waals surface area contributed by atoms with Crippen molar-refractivity contribution in [2.45, 2.75) is 51.6 Å². The van der Waals surface area contributed by atoms with E-state index in [0.29, 0.717) is 0 Å². The van der Waals surface area contributed by atoms with E-state index >= 15 is 0 Å². The van der Waals surface area contributed by atoms with Crippen LogP contribution in [0.3, 0.4) is 0 Å². The van der Waals surface area contributed by atoms with Crippen LogP contribution < -0.4 is 0 Å². The average molecular weight is 356 g/mol. The van der Waals surface area contributed by atoms with E-state index in [1.807, 2.05) is 0 Å². The van der Waals surface area contributed by atoms with Gasteiger partial charge in [0.1, 0.15) is 5.01 Å². The number of likely N-dealkylation sites (tertiary alicyclic amines) is 2. The standard InChI is InChI=1S/C21H29N3S/c1-2-17-7-9-18(10-8-17)21-22-19(16-25-21)14-24-13-5-6-20(24)15-23-11-3-4-12-23/h7-10,16,20H,2-6,11-15H2,1H3. The number of benzene rings is 1. The smallest absolute Gasteiger partial charge is 0.123 e. The van der Waals surface area contributed by atoms with Gasteiger partial charge in [-0.1, -0.05) is 31.2 Å². The normalized spacial score (nSPS) is 22.0. The molecule has 4 rings (SSSR count). The van der Waals surface area contributed by atoms with E-state index in [4.69, 9.17) is 4.98 Å². The van der Waals surface area contributed by atoms with Crippen molar-refractivity contribution < 1.29 is 0 Å². The molecule has 2 aliphatic heterocycles. The van der Waals surface area contributed by atoms with Gasteiger partial charge in [-0.3, -0.25) is 4.90 Å². The zero-order chi connectivity index (χ0) is 17.1. The maximum absolute atomic E-state index is 4.93. The van der Waals surface area contributed by atoms with Crippen LogP contribution in [-0.2, 0) is 13.0 Å². The Hall–Kier alpha value is -1.23. The van der Waals surface area contributed by atoms with Crippen LogP contribution in [0.15, 0.2) is 29.6 Å². The molecular formula is C21H29N3S. The summed E-state index contributed by atoms with van der Waals surface area (Å²) in [7, 11) is 0. The quantitative estimate of drug-likeness (QED) is 0.764. The maximum atomic E-state index is 4.93. The van der Waals surface area contributed by atoms with E-state index in [1.54, 1.807) is 11.3 Å².